The van der Waals surface area contributed by atoms with Gasteiger partial charge in [-0.1, -0.05) is 159 Å². The molecule has 10 aromatic rings. The Hall–Kier alpha value is -6.64. The maximum Gasteiger partial charge on any atom is 0.0541 e. The molecule has 268 valence electrons. The van der Waals surface area contributed by atoms with Gasteiger partial charge in [0.25, 0.3) is 0 Å². The molecular formula is C54H42N2. The summed E-state index contributed by atoms with van der Waals surface area (Å²) in [4.78, 5) is 0. The third-order valence-electron chi connectivity index (χ3n) is 12.6. The van der Waals surface area contributed by atoms with Crippen molar-refractivity contribution in [1.29, 1.82) is 0 Å². The number of aromatic nitrogens is 2. The first kappa shape index (κ1) is 32.8. The number of rotatable bonds is 6. The van der Waals surface area contributed by atoms with Crippen LogP contribution >= 0.6 is 0 Å². The topological polar surface area (TPSA) is 9.86 Å². The van der Waals surface area contributed by atoms with Gasteiger partial charge in [-0.15, -0.1) is 0 Å². The Labute approximate surface area is 327 Å². The molecule has 2 heterocycles. The molecule has 0 spiro atoms. The molecule has 56 heavy (non-hydrogen) atoms. The molecule has 1 fully saturated rings. The van der Waals surface area contributed by atoms with Gasteiger partial charge >= 0.3 is 0 Å². The van der Waals surface area contributed by atoms with Crippen LogP contribution in [-0.4, -0.2) is 9.13 Å². The predicted molar refractivity (Wildman–Crippen MR) is 236 cm³/mol. The van der Waals surface area contributed by atoms with Crippen LogP contribution in [0.25, 0.3) is 77.2 Å². The molecule has 1 aliphatic carbocycles. The van der Waals surface area contributed by atoms with Crippen molar-refractivity contribution >= 4 is 43.6 Å². The van der Waals surface area contributed by atoms with Crippen molar-refractivity contribution in [3.05, 3.63) is 205 Å². The lowest BCUT2D eigenvalue weighted by Gasteiger charge is -2.39. The van der Waals surface area contributed by atoms with Crippen LogP contribution < -0.4 is 0 Å². The molecule has 2 aromatic heterocycles. The maximum atomic E-state index is 2.42. The van der Waals surface area contributed by atoms with Crippen LogP contribution in [0.5, 0.6) is 0 Å². The summed E-state index contributed by atoms with van der Waals surface area (Å²) < 4.78 is 4.79. The van der Waals surface area contributed by atoms with Gasteiger partial charge in [0.1, 0.15) is 0 Å². The number of benzene rings is 8. The van der Waals surface area contributed by atoms with E-state index >= 15 is 0 Å². The van der Waals surface area contributed by atoms with E-state index in [9.17, 15) is 0 Å². The van der Waals surface area contributed by atoms with Crippen molar-refractivity contribution in [2.75, 3.05) is 0 Å². The van der Waals surface area contributed by atoms with Gasteiger partial charge in [0.05, 0.1) is 22.1 Å². The minimum atomic E-state index is 0.0210. The average molecular weight is 719 g/mol. The molecule has 8 aromatic carbocycles. The molecule has 0 bridgehead atoms. The summed E-state index contributed by atoms with van der Waals surface area (Å²) in [5.74, 6) is 0. The van der Waals surface area contributed by atoms with Gasteiger partial charge in [0, 0.05) is 38.3 Å². The fraction of sp³-hybridized carbons (Fsp3) is 0.111. The van der Waals surface area contributed by atoms with Crippen molar-refractivity contribution in [3.8, 4) is 33.6 Å². The van der Waals surface area contributed by atoms with E-state index in [4.69, 9.17) is 0 Å². The Kier molecular flexibility index (Phi) is 7.77. The summed E-state index contributed by atoms with van der Waals surface area (Å²) >= 11 is 0. The van der Waals surface area contributed by atoms with Gasteiger partial charge in [-0.25, -0.2) is 0 Å². The molecule has 11 rings (SSSR count). The minimum absolute atomic E-state index is 0.0210. The highest BCUT2D eigenvalue weighted by molar-refractivity contribution is 6.11. The second-order valence-electron chi connectivity index (χ2n) is 15.6. The number of fused-ring (bicyclic) bond motifs is 6. The van der Waals surface area contributed by atoms with E-state index in [-0.39, 0.29) is 5.41 Å². The third-order valence-corrected chi connectivity index (χ3v) is 12.6. The highest BCUT2D eigenvalue weighted by Gasteiger charge is 2.35. The van der Waals surface area contributed by atoms with Crippen LogP contribution in [0.15, 0.2) is 194 Å². The normalized spacial score (nSPS) is 14.2. The first-order chi connectivity index (χ1) is 27.7. The lowest BCUT2D eigenvalue weighted by Crippen LogP contribution is -2.30. The summed E-state index contributed by atoms with van der Waals surface area (Å²) in [6.45, 7) is 0. The fourth-order valence-corrected chi connectivity index (χ4v) is 9.90. The Bertz CT molecular complexity index is 2980. The molecular weight excluding hydrogens is 677 g/mol. The van der Waals surface area contributed by atoms with Crippen LogP contribution in [0.3, 0.4) is 0 Å². The zero-order valence-electron chi connectivity index (χ0n) is 31.4. The second-order valence-corrected chi connectivity index (χ2v) is 15.6. The number of nitrogens with zero attached hydrogens (tertiary/aromatic N) is 2. The Balaban J connectivity index is 0.929. The zero-order valence-corrected chi connectivity index (χ0v) is 31.4. The quantitative estimate of drug-likeness (QED) is 0.162. The average Bonchev–Trinajstić information content (AvgIpc) is 3.80. The summed E-state index contributed by atoms with van der Waals surface area (Å²) in [5.41, 5.74) is 15.2. The molecule has 2 heteroatoms. The number of para-hydroxylation sites is 4. The summed E-state index contributed by atoms with van der Waals surface area (Å²) in [6, 6.07) is 72.1. The maximum absolute atomic E-state index is 2.42. The van der Waals surface area contributed by atoms with Gasteiger partial charge in [-0.3, -0.25) is 0 Å². The highest BCUT2D eigenvalue weighted by atomic mass is 15.0. The van der Waals surface area contributed by atoms with Gasteiger partial charge in [0.2, 0.25) is 0 Å². The van der Waals surface area contributed by atoms with E-state index in [0.29, 0.717) is 0 Å². The van der Waals surface area contributed by atoms with Crippen molar-refractivity contribution in [1.82, 2.24) is 9.13 Å². The minimum Gasteiger partial charge on any atom is -0.309 e. The fourth-order valence-electron chi connectivity index (χ4n) is 9.90. The van der Waals surface area contributed by atoms with Crippen LogP contribution in [0.2, 0.25) is 0 Å². The van der Waals surface area contributed by atoms with E-state index in [1.54, 1.807) is 0 Å². The van der Waals surface area contributed by atoms with Crippen LogP contribution in [0.4, 0.5) is 0 Å². The lowest BCUT2D eigenvalue weighted by atomic mass is 9.65. The van der Waals surface area contributed by atoms with Gasteiger partial charge < -0.3 is 9.13 Å². The standard InChI is InChI=1S/C54H42N2/c1-3-15-44(16-4-1)55-52-23-10-7-20-48(52)49-37-41(28-33-53(49)55)39-26-31-43(32-27-39)54(34-11-2-12-35-54)42-29-24-38(25-30-42)40-14-13-17-45(36-40)56-50-21-8-5-18-46(50)47-19-6-9-22-51(47)56/h1,3-10,13-33,36-37H,2,11-12,34-35H2. The first-order valence-corrected chi connectivity index (χ1v) is 20.1. The van der Waals surface area contributed by atoms with Crippen LogP contribution in [0, 0.1) is 0 Å². The lowest BCUT2D eigenvalue weighted by molar-refractivity contribution is 0.346. The van der Waals surface area contributed by atoms with Crippen LogP contribution in [0.1, 0.15) is 43.2 Å². The van der Waals surface area contributed by atoms with E-state index in [2.05, 4.69) is 203 Å². The summed E-state index contributed by atoms with van der Waals surface area (Å²) in [7, 11) is 0. The smallest absolute Gasteiger partial charge is 0.0541 e. The van der Waals surface area contributed by atoms with Crippen molar-refractivity contribution in [2.24, 2.45) is 0 Å². The molecule has 0 amide bonds. The molecule has 2 nitrogen and oxygen atoms in total. The van der Waals surface area contributed by atoms with Gasteiger partial charge in [-0.2, -0.15) is 0 Å². The first-order valence-electron chi connectivity index (χ1n) is 20.1. The molecule has 1 saturated carbocycles. The Morgan fingerprint density at radius 2 is 0.750 bits per heavy atom. The summed E-state index contributed by atoms with van der Waals surface area (Å²) in [6.07, 6.45) is 6.18. The largest absolute Gasteiger partial charge is 0.309 e. The SMILES string of the molecule is c1ccc(-n2c3ccccc3c3cc(-c4ccc(C5(c6ccc(-c7cccc(-n8c9ccccc9c9ccccc98)c7)cc6)CCCCC5)cc4)ccc32)cc1. The van der Waals surface area contributed by atoms with E-state index in [1.165, 1.54) is 120 Å². The molecule has 0 N–H and O–H groups in total. The zero-order chi connectivity index (χ0) is 37.1. The van der Waals surface area contributed by atoms with Crippen molar-refractivity contribution < 1.29 is 0 Å². The molecule has 1 aliphatic rings. The number of hydrogen-bond acceptors (Lipinski definition) is 0. The van der Waals surface area contributed by atoms with Gasteiger partial charge in [-0.05, 0) is 101 Å². The molecule has 0 saturated heterocycles. The van der Waals surface area contributed by atoms with Crippen LogP contribution in [-0.2, 0) is 5.41 Å². The predicted octanol–water partition coefficient (Wildman–Crippen LogP) is 14.5. The number of hydrogen-bond donors (Lipinski definition) is 0. The highest BCUT2D eigenvalue weighted by Crippen LogP contribution is 2.46. The van der Waals surface area contributed by atoms with Crippen molar-refractivity contribution in [3.63, 3.8) is 0 Å². The monoisotopic (exact) mass is 718 g/mol. The van der Waals surface area contributed by atoms with Crippen molar-refractivity contribution in [2.45, 2.75) is 37.5 Å². The molecule has 0 aliphatic heterocycles. The molecule has 0 radical (unpaired) electrons. The van der Waals surface area contributed by atoms with E-state index in [0.717, 1.165) is 0 Å². The third kappa shape index (κ3) is 5.24. The van der Waals surface area contributed by atoms with E-state index in [1.807, 2.05) is 0 Å². The molecule has 0 unspecified atom stereocenters. The Morgan fingerprint density at radius 1 is 0.304 bits per heavy atom. The second kappa shape index (κ2) is 13.3. The summed E-state index contributed by atoms with van der Waals surface area (Å²) in [5, 5.41) is 5.15. The molecule has 0 atom stereocenters. The van der Waals surface area contributed by atoms with E-state index < -0.39 is 0 Å². The van der Waals surface area contributed by atoms with Gasteiger partial charge in [0.15, 0.2) is 0 Å². The Morgan fingerprint density at radius 3 is 1.34 bits per heavy atom.